The molecule has 0 spiro atoms. The van der Waals surface area contributed by atoms with Crippen LogP contribution in [0.15, 0.2) is 67.0 Å². The molecule has 2 aromatic carbocycles. The van der Waals surface area contributed by atoms with Crippen molar-refractivity contribution >= 4 is 40.9 Å². The lowest BCUT2D eigenvalue weighted by Gasteiger charge is -2.39. The third kappa shape index (κ3) is 10.9. The van der Waals surface area contributed by atoms with Crippen LogP contribution >= 0.6 is 0 Å². The minimum atomic E-state index is -0.731. The van der Waals surface area contributed by atoms with Gasteiger partial charge in [0.25, 0.3) is 0 Å². The average molecular weight is 811 g/mol. The normalized spacial score (nSPS) is 17.7. The monoisotopic (exact) mass is 810 g/mol. The number of esters is 1. The summed E-state index contributed by atoms with van der Waals surface area (Å²) in [7, 11) is 0. The van der Waals surface area contributed by atoms with E-state index < -0.39 is 12.0 Å². The van der Waals surface area contributed by atoms with E-state index in [-0.39, 0.29) is 41.9 Å². The molecule has 17 heteroatoms. The Balaban J connectivity index is 0.000000179. The Morgan fingerprint density at radius 2 is 1.69 bits per heavy atom. The van der Waals surface area contributed by atoms with Gasteiger partial charge in [0, 0.05) is 44.1 Å². The summed E-state index contributed by atoms with van der Waals surface area (Å²) in [6.45, 7) is 6.93. The number of aromatic hydroxyl groups is 1. The molecule has 1 aliphatic carbocycles. The zero-order valence-electron chi connectivity index (χ0n) is 33.7. The maximum atomic E-state index is 12.9. The molecule has 2 aromatic heterocycles. The summed E-state index contributed by atoms with van der Waals surface area (Å²) in [4.78, 5) is 52.3. The van der Waals surface area contributed by atoms with Crippen molar-refractivity contribution in [2.24, 2.45) is 11.7 Å². The summed E-state index contributed by atoms with van der Waals surface area (Å²) in [5, 5.41) is 26.0. The number of anilines is 3. The van der Waals surface area contributed by atoms with E-state index >= 15 is 0 Å². The number of nitrogens with one attached hydrogen (secondary N) is 1. The number of nitrogens with two attached hydrogens (primary N) is 2. The van der Waals surface area contributed by atoms with Gasteiger partial charge >= 0.3 is 5.97 Å². The number of likely N-dealkylation sites (tertiary alicyclic amines) is 1. The van der Waals surface area contributed by atoms with Crippen LogP contribution in [0.25, 0.3) is 16.9 Å². The number of rotatable bonds is 8. The van der Waals surface area contributed by atoms with Crippen LogP contribution in [-0.2, 0) is 23.9 Å². The summed E-state index contributed by atoms with van der Waals surface area (Å²) in [6, 6.07) is 16.4. The van der Waals surface area contributed by atoms with Gasteiger partial charge in [0.2, 0.25) is 17.7 Å². The van der Waals surface area contributed by atoms with Gasteiger partial charge in [0.05, 0.1) is 36.0 Å². The number of piperidine rings is 1. The Morgan fingerprint density at radius 3 is 2.41 bits per heavy atom. The summed E-state index contributed by atoms with van der Waals surface area (Å²) in [6.07, 6.45) is 10.9. The van der Waals surface area contributed by atoms with Crippen LogP contribution in [0.3, 0.4) is 0 Å². The Hall–Kier alpha value is -6.07. The zero-order valence-corrected chi connectivity index (χ0v) is 33.7. The first-order valence-electron chi connectivity index (χ1n) is 20.2. The lowest BCUT2D eigenvalue weighted by atomic mass is 9.94. The number of phenolic OH excluding ortho intramolecular Hbond substituents is 1. The molecule has 0 radical (unpaired) electrons. The summed E-state index contributed by atoms with van der Waals surface area (Å²) >= 11 is 0. The molecule has 1 unspecified atom stereocenters. The first kappa shape index (κ1) is 42.5. The number of nitrogen functional groups attached to an aromatic ring is 1. The molecule has 1 atom stereocenters. The van der Waals surface area contributed by atoms with Gasteiger partial charge in [-0.1, -0.05) is 57.4 Å². The molecule has 314 valence electrons. The number of para-hydroxylation sites is 3. The van der Waals surface area contributed by atoms with Crippen molar-refractivity contribution < 1.29 is 33.8 Å². The van der Waals surface area contributed by atoms with Crippen LogP contribution in [0, 0.1) is 5.92 Å². The van der Waals surface area contributed by atoms with E-state index in [1.165, 1.54) is 32.1 Å². The van der Waals surface area contributed by atoms with Crippen LogP contribution in [0.1, 0.15) is 65.2 Å². The lowest BCUT2D eigenvalue weighted by Crippen LogP contribution is -2.54. The Bertz CT molecular complexity index is 2040. The molecule has 3 fully saturated rings. The third-order valence-electron chi connectivity index (χ3n) is 10.7. The minimum absolute atomic E-state index is 0.0461. The number of carbonyl (C=O) groups is 4. The number of hydrogen-bond donors (Lipinski definition) is 4. The topological polar surface area (TPSA) is 224 Å². The van der Waals surface area contributed by atoms with Crippen molar-refractivity contribution in [3.63, 3.8) is 0 Å². The number of amides is 3. The van der Waals surface area contributed by atoms with Gasteiger partial charge < -0.3 is 36.3 Å². The number of imide groups is 1. The molecule has 0 bridgehead atoms. The second-order valence-corrected chi connectivity index (χ2v) is 15.2. The Labute approximate surface area is 343 Å². The fraction of sp³-hybridized carbons (Fsp3) is 0.452. The van der Waals surface area contributed by atoms with E-state index in [0.717, 1.165) is 41.7 Å². The number of carbonyl (C=O) groups excluding carboxylic acids is 4. The number of hydrogen-bond acceptors (Lipinski definition) is 14. The number of aromatic nitrogens is 4. The highest BCUT2D eigenvalue weighted by Crippen LogP contribution is 2.31. The highest BCUT2D eigenvalue weighted by atomic mass is 16.5. The molecule has 3 amide bonds. The molecule has 1 saturated carbocycles. The molecule has 4 aliphatic rings. The second-order valence-electron chi connectivity index (χ2n) is 15.2. The third-order valence-corrected chi connectivity index (χ3v) is 10.7. The summed E-state index contributed by atoms with van der Waals surface area (Å²) in [5.74, 6) is 0.152. The summed E-state index contributed by atoms with van der Waals surface area (Å²) < 4.78 is 11.8. The number of phenols is 1. The van der Waals surface area contributed by atoms with E-state index in [4.69, 9.17) is 20.9 Å². The van der Waals surface area contributed by atoms with E-state index in [9.17, 15) is 24.3 Å². The fourth-order valence-electron chi connectivity index (χ4n) is 7.23. The quantitative estimate of drug-likeness (QED) is 0.145. The highest BCUT2D eigenvalue weighted by Gasteiger charge is 2.31. The maximum absolute atomic E-state index is 12.9. The van der Waals surface area contributed by atoms with Crippen LogP contribution < -0.4 is 26.4 Å². The highest BCUT2D eigenvalue weighted by molar-refractivity contribution is 5.97. The van der Waals surface area contributed by atoms with Crippen LogP contribution in [-0.4, -0.2) is 110 Å². The largest absolute Gasteiger partial charge is 0.507 e. The van der Waals surface area contributed by atoms with Crippen molar-refractivity contribution in [3.05, 3.63) is 67.0 Å². The van der Waals surface area contributed by atoms with Crippen LogP contribution in [0.4, 0.5) is 17.2 Å². The van der Waals surface area contributed by atoms with Gasteiger partial charge in [-0.15, -0.1) is 10.2 Å². The maximum Gasteiger partial charge on any atom is 0.324 e. The SMILES string of the molecule is CC(C)C(N)C(=O)OCN1C(=O)CCCC1=O.Nc1nnc(-c2ccccc2O)cc1-n1cc(N2CCN(C3CCCCC3)CC2=O)cn1.c1ccc2c(c1)NCCO2. The molecule has 2 saturated heterocycles. The molecule has 17 nitrogen and oxygen atoms in total. The molecule has 4 aromatic rings. The first-order valence-corrected chi connectivity index (χ1v) is 20.2. The van der Waals surface area contributed by atoms with Gasteiger partial charge in [-0.05, 0) is 55.5 Å². The standard InChI is InChI=1S/C23H27N7O2.C11H18N2O4.C8H9NO/c24-23-20(12-19(26-27-23)18-8-4-5-9-21(18)31)30-14-17(13-25-30)29-11-10-28(15-22(29)32)16-6-2-1-3-7-16;1-7(2)10(12)11(16)17-6-13-8(14)4-3-5-9(13)15;1-2-4-8-7(3-1)9-5-6-10-8/h4-5,8-9,12-14,16,31H,1-3,6-7,10-11,15H2,(H2,24,27);7,10H,3-6,12H2,1-2H3;1-4,9H,5-6H2. The van der Waals surface area contributed by atoms with Crippen molar-refractivity contribution in [2.75, 3.05) is 55.5 Å². The van der Waals surface area contributed by atoms with Crippen molar-refractivity contribution in [2.45, 2.75) is 77.3 Å². The van der Waals surface area contributed by atoms with Gasteiger partial charge in [-0.25, -0.2) is 9.58 Å². The minimum Gasteiger partial charge on any atom is -0.507 e. The van der Waals surface area contributed by atoms with Gasteiger partial charge in [0.15, 0.2) is 12.5 Å². The number of nitrogens with zero attached hydrogens (tertiary/aromatic N) is 7. The smallest absolute Gasteiger partial charge is 0.324 e. The lowest BCUT2D eigenvalue weighted by molar-refractivity contribution is -0.162. The first-order chi connectivity index (χ1) is 28.5. The van der Waals surface area contributed by atoms with E-state index in [1.807, 2.05) is 30.3 Å². The van der Waals surface area contributed by atoms with Crippen molar-refractivity contribution in [1.29, 1.82) is 0 Å². The van der Waals surface area contributed by atoms with Crippen LogP contribution in [0.5, 0.6) is 11.5 Å². The summed E-state index contributed by atoms with van der Waals surface area (Å²) in [5.41, 5.74) is 15.1. The Kier molecular flexibility index (Phi) is 14.5. The molecular formula is C42H54N10O7. The van der Waals surface area contributed by atoms with Gasteiger partial charge in [-0.3, -0.25) is 24.1 Å². The predicted octanol–water partition coefficient (Wildman–Crippen LogP) is 4.10. The number of benzene rings is 2. The molecule has 6 N–H and O–H groups in total. The second kappa shape index (κ2) is 20.1. The van der Waals surface area contributed by atoms with E-state index in [1.54, 1.807) is 60.1 Å². The molecule has 3 aliphatic heterocycles. The van der Waals surface area contributed by atoms with E-state index in [2.05, 4.69) is 25.5 Å². The zero-order chi connectivity index (χ0) is 41.9. The molecule has 59 heavy (non-hydrogen) atoms. The number of piperazine rings is 1. The predicted molar refractivity (Wildman–Crippen MR) is 221 cm³/mol. The molecular weight excluding hydrogens is 757 g/mol. The van der Waals surface area contributed by atoms with Crippen LogP contribution in [0.2, 0.25) is 0 Å². The number of ether oxygens (including phenoxy) is 2. The van der Waals surface area contributed by atoms with E-state index in [0.29, 0.717) is 55.3 Å². The van der Waals surface area contributed by atoms with Gasteiger partial charge in [-0.2, -0.15) is 5.10 Å². The average Bonchev–Trinajstić information content (AvgIpc) is 3.74. The van der Waals surface area contributed by atoms with Gasteiger partial charge in [0.1, 0.15) is 29.8 Å². The molecule has 8 rings (SSSR count). The molecule has 5 heterocycles. The van der Waals surface area contributed by atoms with Crippen molar-refractivity contribution in [1.82, 2.24) is 29.8 Å². The van der Waals surface area contributed by atoms with Crippen molar-refractivity contribution in [3.8, 4) is 28.4 Å². The Morgan fingerprint density at radius 1 is 0.966 bits per heavy atom. The fourth-order valence-corrected chi connectivity index (χ4v) is 7.23. The number of fused-ring (bicyclic) bond motifs is 1.